The molecule has 3 heterocycles. The van der Waals surface area contributed by atoms with Crippen molar-refractivity contribution >= 4 is 11.7 Å². The number of halogens is 3. The zero-order valence-corrected chi connectivity index (χ0v) is 13.8. The molecule has 2 aliphatic rings. The highest BCUT2D eigenvalue weighted by Crippen LogP contribution is 2.40. The van der Waals surface area contributed by atoms with E-state index in [2.05, 4.69) is 15.5 Å². The highest BCUT2D eigenvalue weighted by atomic mass is 19.4. The number of nitrogens with one attached hydrogen (secondary N) is 1. The highest BCUT2D eigenvalue weighted by Gasteiger charge is 2.32. The van der Waals surface area contributed by atoms with Crippen molar-refractivity contribution in [2.75, 3.05) is 18.0 Å². The summed E-state index contributed by atoms with van der Waals surface area (Å²) in [5.74, 6) is 1.30. The maximum Gasteiger partial charge on any atom is 0.417 e. The van der Waals surface area contributed by atoms with Gasteiger partial charge in [0, 0.05) is 37.3 Å². The normalized spacial score (nSPS) is 20.4. The maximum absolute atomic E-state index is 12.6. The minimum absolute atomic E-state index is 0.118. The molecule has 2 fully saturated rings. The number of carbonyl (C=O) groups excluding carboxylic acids is 1. The molecule has 1 atom stereocenters. The second-order valence-electron chi connectivity index (χ2n) is 6.70. The van der Waals surface area contributed by atoms with Crippen molar-refractivity contribution < 1.29 is 22.5 Å². The third-order valence-corrected chi connectivity index (χ3v) is 4.66. The number of pyridine rings is 1. The van der Waals surface area contributed by atoms with Crippen LogP contribution in [0.1, 0.15) is 47.0 Å². The topological polar surface area (TPSA) is 71.3 Å². The van der Waals surface area contributed by atoms with Gasteiger partial charge in [0.15, 0.2) is 5.69 Å². The van der Waals surface area contributed by atoms with Crippen LogP contribution in [-0.2, 0) is 6.18 Å². The van der Waals surface area contributed by atoms with E-state index in [9.17, 15) is 18.0 Å². The van der Waals surface area contributed by atoms with Crippen LogP contribution in [0, 0.1) is 0 Å². The van der Waals surface area contributed by atoms with Crippen molar-refractivity contribution in [2.45, 2.75) is 37.4 Å². The molecular weight excluding hydrogens is 349 g/mol. The van der Waals surface area contributed by atoms with Gasteiger partial charge in [-0.25, -0.2) is 4.98 Å². The molecule has 138 valence electrons. The summed E-state index contributed by atoms with van der Waals surface area (Å²) in [6, 6.07) is 3.93. The average Bonchev–Trinajstić information content (AvgIpc) is 3.15. The first-order valence-electron chi connectivity index (χ1n) is 8.46. The molecule has 26 heavy (non-hydrogen) atoms. The molecule has 1 amide bonds. The number of anilines is 1. The molecule has 2 aromatic heterocycles. The van der Waals surface area contributed by atoms with Crippen LogP contribution < -0.4 is 10.2 Å². The lowest BCUT2D eigenvalue weighted by Gasteiger charge is -2.18. The Hall–Kier alpha value is -2.58. The molecule has 1 aliphatic carbocycles. The average molecular weight is 366 g/mol. The molecule has 6 nitrogen and oxygen atoms in total. The predicted molar refractivity (Wildman–Crippen MR) is 85.8 cm³/mol. The Morgan fingerprint density at radius 3 is 2.73 bits per heavy atom. The lowest BCUT2D eigenvalue weighted by Crippen LogP contribution is -2.37. The van der Waals surface area contributed by atoms with E-state index in [-0.39, 0.29) is 17.6 Å². The van der Waals surface area contributed by atoms with Gasteiger partial charge >= 0.3 is 6.18 Å². The van der Waals surface area contributed by atoms with Gasteiger partial charge in [0.2, 0.25) is 0 Å². The molecule has 1 aliphatic heterocycles. The Morgan fingerprint density at radius 1 is 1.27 bits per heavy atom. The first-order chi connectivity index (χ1) is 12.4. The third-order valence-electron chi connectivity index (χ3n) is 4.66. The first-order valence-corrected chi connectivity index (χ1v) is 8.46. The number of alkyl halides is 3. The fourth-order valence-electron chi connectivity index (χ4n) is 3.04. The van der Waals surface area contributed by atoms with Crippen molar-refractivity contribution in [1.29, 1.82) is 0 Å². The Kier molecular flexibility index (Phi) is 4.08. The Morgan fingerprint density at radius 2 is 2.08 bits per heavy atom. The molecule has 0 radical (unpaired) electrons. The zero-order chi connectivity index (χ0) is 18.3. The summed E-state index contributed by atoms with van der Waals surface area (Å²) >= 11 is 0. The van der Waals surface area contributed by atoms with Gasteiger partial charge in [0.25, 0.3) is 5.91 Å². The third kappa shape index (κ3) is 3.51. The van der Waals surface area contributed by atoms with Gasteiger partial charge in [-0.2, -0.15) is 13.2 Å². The van der Waals surface area contributed by atoms with Gasteiger partial charge in [-0.1, -0.05) is 5.16 Å². The van der Waals surface area contributed by atoms with Crippen LogP contribution in [0.15, 0.2) is 28.9 Å². The fraction of sp³-hybridized carbons (Fsp3) is 0.471. The molecule has 4 rings (SSSR count). The van der Waals surface area contributed by atoms with Crippen molar-refractivity contribution in [3.8, 4) is 0 Å². The van der Waals surface area contributed by atoms with E-state index < -0.39 is 11.7 Å². The standard InChI is InChI=1S/C17H17F3N4O2/c18-17(19,20)11-3-4-15(21-8-11)24-6-5-12(9-24)22-16(25)13-7-14(26-23-13)10-1-2-10/h3-4,7-8,10,12H,1-2,5-6,9H2,(H,22,25)/t12-/m0/s1. The van der Waals surface area contributed by atoms with Crippen LogP contribution in [0.3, 0.4) is 0 Å². The van der Waals surface area contributed by atoms with E-state index in [1.54, 1.807) is 6.07 Å². The number of nitrogens with zero attached hydrogens (tertiary/aromatic N) is 3. The molecule has 0 bridgehead atoms. The monoisotopic (exact) mass is 366 g/mol. The molecular formula is C17H17F3N4O2. The molecule has 2 aromatic rings. The minimum Gasteiger partial charge on any atom is -0.360 e. The van der Waals surface area contributed by atoms with Crippen LogP contribution in [0.25, 0.3) is 0 Å². The van der Waals surface area contributed by atoms with Crippen molar-refractivity contribution in [3.05, 3.63) is 41.4 Å². The Labute approximate surface area is 147 Å². The number of carbonyl (C=O) groups is 1. The second-order valence-corrected chi connectivity index (χ2v) is 6.70. The van der Waals surface area contributed by atoms with Crippen LogP contribution in [0.4, 0.5) is 19.0 Å². The van der Waals surface area contributed by atoms with Crippen LogP contribution in [-0.4, -0.2) is 35.2 Å². The lowest BCUT2D eigenvalue weighted by molar-refractivity contribution is -0.137. The Balaban J connectivity index is 1.35. The summed E-state index contributed by atoms with van der Waals surface area (Å²) in [6.07, 6.45) is -0.760. The SMILES string of the molecule is O=C(N[C@H]1CCN(c2ccc(C(F)(F)F)cn2)C1)c1cc(C2CC2)on1. The van der Waals surface area contributed by atoms with Crippen molar-refractivity contribution in [3.63, 3.8) is 0 Å². The number of rotatable bonds is 4. The summed E-state index contributed by atoms with van der Waals surface area (Å²) in [6.45, 7) is 1.09. The van der Waals surface area contributed by atoms with Crippen LogP contribution in [0.2, 0.25) is 0 Å². The van der Waals surface area contributed by atoms with Gasteiger partial charge in [-0.05, 0) is 31.4 Å². The molecule has 0 aromatic carbocycles. The molecule has 9 heteroatoms. The summed E-state index contributed by atoms with van der Waals surface area (Å²) in [5, 5.41) is 6.70. The Bertz CT molecular complexity index is 799. The maximum atomic E-state index is 12.6. The van der Waals surface area contributed by atoms with Crippen LogP contribution >= 0.6 is 0 Å². The van der Waals surface area contributed by atoms with E-state index in [4.69, 9.17) is 4.52 Å². The minimum atomic E-state index is -4.40. The van der Waals surface area contributed by atoms with Crippen molar-refractivity contribution in [1.82, 2.24) is 15.5 Å². The van der Waals surface area contributed by atoms with Gasteiger partial charge in [0.05, 0.1) is 5.56 Å². The first kappa shape index (κ1) is 16.9. The zero-order valence-electron chi connectivity index (χ0n) is 13.8. The van der Waals surface area contributed by atoms with E-state index >= 15 is 0 Å². The molecule has 1 N–H and O–H groups in total. The molecule has 1 saturated carbocycles. The van der Waals surface area contributed by atoms with Gasteiger partial charge in [-0.15, -0.1) is 0 Å². The lowest BCUT2D eigenvalue weighted by atomic mass is 10.2. The number of hydrogen-bond donors (Lipinski definition) is 1. The van der Waals surface area contributed by atoms with E-state index in [1.165, 1.54) is 6.07 Å². The number of aromatic nitrogens is 2. The van der Waals surface area contributed by atoms with E-state index in [0.717, 1.165) is 30.9 Å². The molecule has 1 saturated heterocycles. The summed E-state index contributed by atoms with van der Waals surface area (Å²) < 4.78 is 43.0. The van der Waals surface area contributed by atoms with Crippen molar-refractivity contribution in [2.24, 2.45) is 0 Å². The molecule has 0 spiro atoms. The largest absolute Gasteiger partial charge is 0.417 e. The summed E-state index contributed by atoms with van der Waals surface area (Å²) in [4.78, 5) is 18.0. The fourth-order valence-corrected chi connectivity index (χ4v) is 3.04. The van der Waals surface area contributed by atoms with Crippen LogP contribution in [0.5, 0.6) is 0 Å². The van der Waals surface area contributed by atoms with E-state index in [0.29, 0.717) is 31.2 Å². The number of amides is 1. The number of hydrogen-bond acceptors (Lipinski definition) is 5. The summed E-state index contributed by atoms with van der Waals surface area (Å²) in [7, 11) is 0. The molecule has 0 unspecified atom stereocenters. The predicted octanol–water partition coefficient (Wildman–Crippen LogP) is 2.97. The van der Waals surface area contributed by atoms with E-state index in [1.807, 2.05) is 4.90 Å². The summed E-state index contributed by atoms with van der Waals surface area (Å²) in [5.41, 5.74) is -0.513. The smallest absolute Gasteiger partial charge is 0.360 e. The van der Waals surface area contributed by atoms with Gasteiger partial charge < -0.3 is 14.7 Å². The second kappa shape index (κ2) is 6.30. The quantitative estimate of drug-likeness (QED) is 0.901. The van der Waals surface area contributed by atoms with Gasteiger partial charge in [0.1, 0.15) is 11.6 Å². The highest BCUT2D eigenvalue weighted by molar-refractivity contribution is 5.92. The van der Waals surface area contributed by atoms with Gasteiger partial charge in [-0.3, -0.25) is 4.79 Å².